The van der Waals surface area contributed by atoms with Crippen LogP contribution in [0.5, 0.6) is 0 Å². The number of carbonyl (C=O) groups excluding carboxylic acids is 1. The summed E-state index contributed by atoms with van der Waals surface area (Å²) >= 11 is 0. The van der Waals surface area contributed by atoms with E-state index in [0.29, 0.717) is 0 Å². The zero-order valence-corrected chi connectivity index (χ0v) is 15.8. The molecule has 0 amide bonds. The van der Waals surface area contributed by atoms with E-state index in [9.17, 15) is 19.1 Å². The molecule has 1 aromatic heterocycles. The van der Waals surface area contributed by atoms with Gasteiger partial charge in [0.05, 0.1) is 27.4 Å². The number of anilines is 1. The molecular weight excluding hydrogens is 385 g/mol. The monoisotopic (exact) mass is 405 g/mol. The van der Waals surface area contributed by atoms with Gasteiger partial charge in [0.25, 0.3) is 0 Å². The quantitative estimate of drug-likeness (QED) is 0.450. The van der Waals surface area contributed by atoms with E-state index in [0.717, 1.165) is 0 Å². The highest BCUT2D eigenvalue weighted by Gasteiger charge is 2.56. The number of aromatic nitrogens is 2. The van der Waals surface area contributed by atoms with Gasteiger partial charge in [-0.3, -0.25) is 4.57 Å². The van der Waals surface area contributed by atoms with Gasteiger partial charge in [0.15, 0.2) is 17.7 Å². The molecule has 12 nitrogen and oxygen atoms in total. The summed E-state index contributed by atoms with van der Waals surface area (Å²) in [5, 5.41) is 0. The Kier molecular flexibility index (Phi) is 5.34. The molecule has 0 bridgehead atoms. The zero-order valence-electron chi connectivity index (χ0n) is 14.9. The Balaban J connectivity index is 1.85. The maximum atomic E-state index is 11.9. The number of carbonyl (C=O) groups is 1. The summed E-state index contributed by atoms with van der Waals surface area (Å²) in [6.07, 6.45) is -1.92. The van der Waals surface area contributed by atoms with Crippen molar-refractivity contribution in [1.82, 2.24) is 9.55 Å². The third-order valence-electron chi connectivity index (χ3n) is 4.10. The van der Waals surface area contributed by atoms with Crippen molar-refractivity contribution in [3.05, 3.63) is 12.0 Å². The zero-order chi connectivity index (χ0) is 20.0. The number of imidazole rings is 1. The molecule has 3 heterocycles. The van der Waals surface area contributed by atoms with E-state index in [1.807, 2.05) is 0 Å². The van der Waals surface area contributed by atoms with Crippen LogP contribution in [0.25, 0.3) is 0 Å². The summed E-state index contributed by atoms with van der Waals surface area (Å²) in [6.45, 7) is 4.61. The van der Waals surface area contributed by atoms with E-state index < -0.39 is 50.7 Å². The third kappa shape index (κ3) is 4.16. The van der Waals surface area contributed by atoms with E-state index in [1.54, 1.807) is 20.8 Å². The van der Waals surface area contributed by atoms with Crippen molar-refractivity contribution in [2.45, 2.75) is 51.1 Å². The first kappa shape index (κ1) is 20.2. The summed E-state index contributed by atoms with van der Waals surface area (Å²) in [5.74, 6) is -1.68. The average Bonchev–Trinajstić information content (AvgIpc) is 3.16. The highest BCUT2D eigenvalue weighted by molar-refractivity contribution is 7.43. The summed E-state index contributed by atoms with van der Waals surface area (Å²) in [7, 11) is -5.19. The van der Waals surface area contributed by atoms with Gasteiger partial charge in [0.2, 0.25) is 0 Å². The maximum Gasteiger partial charge on any atom is 0.360 e. The molecule has 0 saturated carbocycles. The number of nitrogen functional groups attached to an aromatic ring is 1. The van der Waals surface area contributed by atoms with Crippen LogP contribution < -0.4 is 15.5 Å². The molecule has 0 aromatic carbocycles. The highest BCUT2D eigenvalue weighted by Crippen LogP contribution is 2.44. The smallest absolute Gasteiger partial charge is 0.360 e. The number of hydrogen-bond donors (Lipinski definition) is 1. The Morgan fingerprint density at radius 2 is 2.07 bits per heavy atom. The Bertz CT molecular complexity index is 761. The van der Waals surface area contributed by atoms with Gasteiger partial charge in [-0.25, -0.2) is 9.78 Å². The molecule has 2 N–H and O–H groups in total. The summed E-state index contributed by atoms with van der Waals surface area (Å²) in [5.41, 5.74) is 5.92. The van der Waals surface area contributed by atoms with Crippen molar-refractivity contribution in [3.8, 4) is 0 Å². The molecule has 0 unspecified atom stereocenters. The van der Waals surface area contributed by atoms with Gasteiger partial charge in [-0.2, -0.15) is 0 Å². The van der Waals surface area contributed by atoms with Crippen molar-refractivity contribution in [2.24, 2.45) is 0 Å². The first-order chi connectivity index (χ1) is 12.5. The van der Waals surface area contributed by atoms with Gasteiger partial charge in [-0.05, 0) is 20.8 Å². The number of phosphoric acid groups is 1. The van der Waals surface area contributed by atoms with Crippen LogP contribution in [0.4, 0.5) is 5.82 Å². The van der Waals surface area contributed by atoms with Crippen LogP contribution in [-0.4, -0.2) is 52.8 Å². The number of nitrogens with two attached hydrogens (primary N) is 1. The van der Waals surface area contributed by atoms with Crippen LogP contribution in [0, 0.1) is 0 Å². The van der Waals surface area contributed by atoms with Crippen molar-refractivity contribution in [1.29, 1.82) is 0 Å². The largest absolute Gasteiger partial charge is 0.790 e. The third-order valence-corrected chi connectivity index (χ3v) is 4.56. The molecule has 27 heavy (non-hydrogen) atoms. The van der Waals surface area contributed by atoms with E-state index >= 15 is 0 Å². The SMILES string of the molecule is CCOC(=O)c1ncn([C@@H]2O[C@H](COP(=O)([O-])[O-])[C@H]3OC(C)(C)O[C@H]32)c1N. The second-order valence-corrected chi connectivity index (χ2v) is 7.63. The lowest BCUT2D eigenvalue weighted by Crippen LogP contribution is -2.34. The fourth-order valence-corrected chi connectivity index (χ4v) is 3.44. The van der Waals surface area contributed by atoms with E-state index in [-0.39, 0.29) is 18.1 Å². The van der Waals surface area contributed by atoms with Gasteiger partial charge in [0, 0.05) is 0 Å². The minimum atomic E-state index is -5.19. The van der Waals surface area contributed by atoms with Crippen LogP contribution in [0.3, 0.4) is 0 Å². The molecule has 0 radical (unpaired) electrons. The number of hydrogen-bond acceptors (Lipinski definition) is 11. The Hall–Kier alpha value is -1.53. The van der Waals surface area contributed by atoms with Crippen molar-refractivity contribution in [2.75, 3.05) is 18.9 Å². The molecule has 13 heteroatoms. The van der Waals surface area contributed by atoms with Crippen molar-refractivity contribution in [3.63, 3.8) is 0 Å². The molecule has 4 atom stereocenters. The summed E-state index contributed by atoms with van der Waals surface area (Å²) in [4.78, 5) is 37.4. The molecule has 2 aliphatic heterocycles. The van der Waals surface area contributed by atoms with Gasteiger partial charge >= 0.3 is 5.97 Å². The van der Waals surface area contributed by atoms with Crippen LogP contribution in [0.2, 0.25) is 0 Å². The molecule has 0 aliphatic carbocycles. The van der Waals surface area contributed by atoms with Crippen LogP contribution >= 0.6 is 7.82 Å². The number of rotatable bonds is 6. The Morgan fingerprint density at radius 1 is 1.41 bits per heavy atom. The second kappa shape index (κ2) is 7.13. The lowest BCUT2D eigenvalue weighted by molar-refractivity contribution is -0.343. The minimum absolute atomic E-state index is 0.00889. The summed E-state index contributed by atoms with van der Waals surface area (Å²) < 4.78 is 38.7. The number of nitrogens with zero attached hydrogens (tertiary/aromatic N) is 2. The molecule has 3 rings (SSSR count). The van der Waals surface area contributed by atoms with Gasteiger partial charge in [0.1, 0.15) is 24.1 Å². The number of phosphoric ester groups is 1. The summed E-state index contributed by atoms with van der Waals surface area (Å²) in [6, 6.07) is 0. The minimum Gasteiger partial charge on any atom is -0.790 e. The lowest BCUT2D eigenvalue weighted by atomic mass is 10.1. The fourth-order valence-electron chi connectivity index (χ4n) is 3.11. The highest BCUT2D eigenvalue weighted by atomic mass is 31.2. The number of esters is 1. The van der Waals surface area contributed by atoms with Crippen molar-refractivity contribution < 1.29 is 42.6 Å². The van der Waals surface area contributed by atoms with Crippen LogP contribution in [0.15, 0.2) is 6.33 Å². The van der Waals surface area contributed by atoms with E-state index in [4.69, 9.17) is 24.7 Å². The molecule has 0 spiro atoms. The van der Waals surface area contributed by atoms with E-state index in [1.165, 1.54) is 10.9 Å². The maximum absolute atomic E-state index is 11.9. The normalized spacial score (nSPS) is 29.7. The van der Waals surface area contributed by atoms with Gasteiger partial charge in [-0.15, -0.1) is 0 Å². The van der Waals surface area contributed by atoms with Crippen molar-refractivity contribution >= 4 is 19.6 Å². The molecule has 2 saturated heterocycles. The first-order valence-electron chi connectivity index (χ1n) is 8.19. The molecular formula is C14H20N3O9P-2. The molecule has 152 valence electrons. The standard InChI is InChI=1S/C14H22N3O9P/c1-4-22-13(18)8-11(15)17(6-16-8)12-10-9(25-14(2,3)26-10)7(24-12)5-23-27(19,20)21/h6-7,9-10,12H,4-5,15H2,1-3H3,(H2,19,20,21)/p-2/t7-,9-,10-,12-/m1/s1. The van der Waals surface area contributed by atoms with Gasteiger partial charge < -0.3 is 43.6 Å². The number of ether oxygens (including phenoxy) is 4. The fraction of sp³-hybridized carbons (Fsp3) is 0.714. The average molecular weight is 405 g/mol. The predicted octanol–water partition coefficient (Wildman–Crippen LogP) is -1.10. The number of fused-ring (bicyclic) bond motifs is 1. The van der Waals surface area contributed by atoms with Crippen LogP contribution in [-0.2, 0) is 28.0 Å². The molecule has 1 aromatic rings. The predicted molar refractivity (Wildman–Crippen MR) is 83.9 cm³/mol. The second-order valence-electron chi connectivity index (χ2n) is 6.48. The Morgan fingerprint density at radius 3 is 2.70 bits per heavy atom. The lowest BCUT2D eigenvalue weighted by Gasteiger charge is -2.31. The topological polar surface area (TPSA) is 170 Å². The van der Waals surface area contributed by atoms with E-state index in [2.05, 4.69) is 9.51 Å². The molecule has 2 aliphatic rings. The van der Waals surface area contributed by atoms with Gasteiger partial charge in [-0.1, -0.05) is 0 Å². The Labute approximate surface area is 154 Å². The van der Waals surface area contributed by atoms with Crippen LogP contribution in [0.1, 0.15) is 37.5 Å². The first-order valence-corrected chi connectivity index (χ1v) is 9.65. The molecule has 2 fully saturated rings.